The van der Waals surface area contributed by atoms with E-state index in [4.69, 9.17) is 5.11 Å². The van der Waals surface area contributed by atoms with Crippen LogP contribution >= 0.6 is 0 Å². The van der Waals surface area contributed by atoms with E-state index < -0.39 is 5.97 Å². The third-order valence-corrected chi connectivity index (χ3v) is 4.40. The minimum absolute atomic E-state index is 0.0891. The van der Waals surface area contributed by atoms with Crippen molar-refractivity contribution < 1.29 is 14.7 Å². The molecule has 2 heterocycles. The van der Waals surface area contributed by atoms with Gasteiger partial charge >= 0.3 is 5.97 Å². The van der Waals surface area contributed by atoms with Crippen LogP contribution < -0.4 is 0 Å². The molecule has 0 radical (unpaired) electrons. The molecule has 2 aromatic rings. The lowest BCUT2D eigenvalue weighted by Crippen LogP contribution is -2.40. The highest BCUT2D eigenvalue weighted by molar-refractivity contribution is 5.95. The number of amides is 1. The molecule has 24 heavy (non-hydrogen) atoms. The number of rotatable bonds is 4. The third kappa shape index (κ3) is 3.79. The smallest absolute Gasteiger partial charge is 0.335 e. The summed E-state index contributed by atoms with van der Waals surface area (Å²) in [5, 5.41) is 9.05. The second-order valence-electron chi connectivity index (χ2n) is 6.18. The first-order chi connectivity index (χ1) is 11.6. The van der Waals surface area contributed by atoms with E-state index in [1.54, 1.807) is 4.90 Å². The SMILES string of the molecule is O=C(O)c1ccnc(C(=O)N2CCCC(Cc3ccccc3)C2)c1. The molecule has 1 atom stereocenters. The first-order valence-electron chi connectivity index (χ1n) is 8.16. The fourth-order valence-corrected chi connectivity index (χ4v) is 3.21. The zero-order chi connectivity index (χ0) is 16.9. The number of piperidine rings is 1. The quantitative estimate of drug-likeness (QED) is 0.939. The molecule has 0 spiro atoms. The van der Waals surface area contributed by atoms with Gasteiger partial charge in [0.25, 0.3) is 5.91 Å². The average Bonchev–Trinajstić information content (AvgIpc) is 2.62. The number of aromatic carboxylic acids is 1. The van der Waals surface area contributed by atoms with Crippen molar-refractivity contribution >= 4 is 11.9 Å². The van der Waals surface area contributed by atoms with Gasteiger partial charge in [-0.3, -0.25) is 9.78 Å². The summed E-state index contributed by atoms with van der Waals surface area (Å²) >= 11 is 0. The first-order valence-corrected chi connectivity index (χ1v) is 8.16. The fraction of sp³-hybridized carbons (Fsp3) is 0.316. The van der Waals surface area contributed by atoms with Crippen molar-refractivity contribution in [1.29, 1.82) is 0 Å². The van der Waals surface area contributed by atoms with Gasteiger partial charge in [-0.05, 0) is 42.9 Å². The molecule has 1 aliphatic heterocycles. The summed E-state index contributed by atoms with van der Waals surface area (Å²) in [6.07, 6.45) is 4.39. The topological polar surface area (TPSA) is 70.5 Å². The number of carbonyl (C=O) groups is 2. The van der Waals surface area contributed by atoms with Gasteiger partial charge in [0, 0.05) is 19.3 Å². The summed E-state index contributed by atoms with van der Waals surface area (Å²) in [5.74, 6) is -0.810. The summed E-state index contributed by atoms with van der Waals surface area (Å²) in [5.41, 5.74) is 1.57. The molecule has 1 fully saturated rings. The van der Waals surface area contributed by atoms with Gasteiger partial charge in [0.2, 0.25) is 0 Å². The molecule has 1 unspecified atom stereocenters. The van der Waals surface area contributed by atoms with Gasteiger partial charge in [-0.1, -0.05) is 30.3 Å². The standard InChI is InChI=1S/C19H20N2O3/c22-18(17-12-16(19(23)24)8-9-20-17)21-10-4-7-15(13-21)11-14-5-2-1-3-6-14/h1-3,5-6,8-9,12,15H,4,7,10-11,13H2,(H,23,24). The molecule has 1 saturated heterocycles. The van der Waals surface area contributed by atoms with Gasteiger partial charge in [-0.15, -0.1) is 0 Å². The van der Waals surface area contributed by atoms with Crippen LogP contribution in [0.2, 0.25) is 0 Å². The zero-order valence-electron chi connectivity index (χ0n) is 13.4. The van der Waals surface area contributed by atoms with Crippen LogP contribution in [-0.2, 0) is 6.42 Å². The maximum atomic E-state index is 12.6. The molecule has 1 N–H and O–H groups in total. The minimum atomic E-state index is -1.05. The number of carboxylic acids is 1. The summed E-state index contributed by atoms with van der Waals surface area (Å²) in [6, 6.07) is 13.0. The van der Waals surface area contributed by atoms with Crippen molar-refractivity contribution in [1.82, 2.24) is 9.88 Å². The van der Waals surface area contributed by atoms with Gasteiger partial charge in [-0.2, -0.15) is 0 Å². The van der Waals surface area contributed by atoms with Crippen LogP contribution in [-0.4, -0.2) is 40.0 Å². The molecule has 1 aromatic heterocycles. The Morgan fingerprint density at radius 2 is 2.00 bits per heavy atom. The number of carbonyl (C=O) groups excluding carboxylic acids is 1. The van der Waals surface area contributed by atoms with Gasteiger partial charge in [0.1, 0.15) is 5.69 Å². The first kappa shape index (κ1) is 16.2. The van der Waals surface area contributed by atoms with Gasteiger partial charge in [-0.25, -0.2) is 4.79 Å². The second kappa shape index (κ2) is 7.25. The van der Waals surface area contributed by atoms with Crippen molar-refractivity contribution in [2.24, 2.45) is 5.92 Å². The highest BCUT2D eigenvalue weighted by atomic mass is 16.4. The van der Waals surface area contributed by atoms with E-state index in [1.807, 2.05) is 18.2 Å². The number of nitrogens with zero attached hydrogens (tertiary/aromatic N) is 2. The van der Waals surface area contributed by atoms with E-state index in [0.717, 1.165) is 19.3 Å². The number of benzene rings is 1. The fourth-order valence-electron chi connectivity index (χ4n) is 3.21. The lowest BCUT2D eigenvalue weighted by atomic mass is 9.91. The largest absolute Gasteiger partial charge is 0.478 e. The average molecular weight is 324 g/mol. The van der Waals surface area contributed by atoms with Gasteiger partial charge in [0.05, 0.1) is 5.56 Å². The van der Waals surface area contributed by atoms with Crippen molar-refractivity contribution in [3.63, 3.8) is 0 Å². The van der Waals surface area contributed by atoms with Crippen LogP contribution in [0.3, 0.4) is 0 Å². The molecular formula is C19H20N2O3. The van der Waals surface area contributed by atoms with E-state index in [9.17, 15) is 9.59 Å². The Morgan fingerprint density at radius 3 is 2.75 bits per heavy atom. The Balaban J connectivity index is 1.69. The normalized spacial score (nSPS) is 17.5. The van der Waals surface area contributed by atoms with Crippen LogP contribution in [0.5, 0.6) is 0 Å². The lowest BCUT2D eigenvalue weighted by Gasteiger charge is -2.32. The van der Waals surface area contributed by atoms with Crippen LogP contribution in [0.1, 0.15) is 39.3 Å². The Labute approximate surface area is 140 Å². The van der Waals surface area contributed by atoms with E-state index in [0.29, 0.717) is 19.0 Å². The van der Waals surface area contributed by atoms with E-state index in [1.165, 1.54) is 23.9 Å². The molecule has 1 amide bonds. The van der Waals surface area contributed by atoms with Crippen LogP contribution in [0.25, 0.3) is 0 Å². The Kier molecular flexibility index (Phi) is 4.89. The molecule has 5 nitrogen and oxygen atoms in total. The maximum absolute atomic E-state index is 12.6. The van der Waals surface area contributed by atoms with Crippen molar-refractivity contribution in [2.75, 3.05) is 13.1 Å². The Hall–Kier alpha value is -2.69. The summed E-state index contributed by atoms with van der Waals surface area (Å²) < 4.78 is 0. The molecule has 0 aliphatic carbocycles. The molecule has 1 aromatic carbocycles. The van der Waals surface area contributed by atoms with Crippen molar-refractivity contribution in [2.45, 2.75) is 19.3 Å². The van der Waals surface area contributed by atoms with Crippen LogP contribution in [0, 0.1) is 5.92 Å². The highest BCUT2D eigenvalue weighted by Crippen LogP contribution is 2.22. The molecule has 0 saturated carbocycles. The molecule has 5 heteroatoms. The monoisotopic (exact) mass is 324 g/mol. The maximum Gasteiger partial charge on any atom is 0.335 e. The summed E-state index contributed by atoms with van der Waals surface area (Å²) in [6.45, 7) is 1.38. The van der Waals surface area contributed by atoms with E-state index in [-0.39, 0.29) is 17.2 Å². The highest BCUT2D eigenvalue weighted by Gasteiger charge is 2.25. The summed E-state index contributed by atoms with van der Waals surface area (Å²) in [4.78, 5) is 29.5. The number of hydrogen-bond donors (Lipinski definition) is 1. The minimum Gasteiger partial charge on any atom is -0.478 e. The lowest BCUT2D eigenvalue weighted by molar-refractivity contribution is 0.0667. The van der Waals surface area contributed by atoms with E-state index in [2.05, 4.69) is 17.1 Å². The number of likely N-dealkylation sites (tertiary alicyclic amines) is 1. The predicted octanol–water partition coefficient (Wildman–Crippen LogP) is 2.87. The summed E-state index contributed by atoms with van der Waals surface area (Å²) in [7, 11) is 0. The van der Waals surface area contributed by atoms with Crippen LogP contribution in [0.4, 0.5) is 0 Å². The molecule has 0 bridgehead atoms. The van der Waals surface area contributed by atoms with Crippen molar-refractivity contribution in [3.05, 3.63) is 65.5 Å². The molecule has 3 rings (SSSR count). The van der Waals surface area contributed by atoms with Gasteiger partial charge < -0.3 is 10.0 Å². The number of carboxylic acid groups (broad SMARTS) is 1. The van der Waals surface area contributed by atoms with Crippen molar-refractivity contribution in [3.8, 4) is 0 Å². The zero-order valence-corrected chi connectivity index (χ0v) is 13.4. The Morgan fingerprint density at radius 1 is 1.21 bits per heavy atom. The Bertz CT molecular complexity index is 730. The number of aromatic nitrogens is 1. The van der Waals surface area contributed by atoms with Crippen LogP contribution in [0.15, 0.2) is 48.7 Å². The second-order valence-corrected chi connectivity index (χ2v) is 6.18. The number of pyridine rings is 1. The van der Waals surface area contributed by atoms with Gasteiger partial charge in [0.15, 0.2) is 0 Å². The molecule has 124 valence electrons. The molecular weight excluding hydrogens is 304 g/mol. The predicted molar refractivity (Wildman–Crippen MR) is 90.0 cm³/mol. The van der Waals surface area contributed by atoms with E-state index >= 15 is 0 Å². The third-order valence-electron chi connectivity index (χ3n) is 4.40. The number of hydrogen-bond acceptors (Lipinski definition) is 3. The molecule has 1 aliphatic rings.